The van der Waals surface area contributed by atoms with Crippen LogP contribution >= 0.6 is 23.4 Å². The fourth-order valence-electron chi connectivity index (χ4n) is 3.23. The van der Waals surface area contributed by atoms with Gasteiger partial charge in [0.1, 0.15) is 5.75 Å². The molecule has 7 heteroatoms. The molecule has 5 nitrogen and oxygen atoms in total. The first kappa shape index (κ1) is 19.7. The van der Waals surface area contributed by atoms with Crippen molar-refractivity contribution in [3.8, 4) is 17.1 Å². The summed E-state index contributed by atoms with van der Waals surface area (Å²) in [6.07, 6.45) is 1.80. The minimum atomic E-state index is 0.227. The Morgan fingerprint density at radius 3 is 2.59 bits per heavy atom. The number of aromatic nitrogens is 4. The van der Waals surface area contributed by atoms with E-state index in [0.29, 0.717) is 5.02 Å². The molecule has 0 saturated heterocycles. The van der Waals surface area contributed by atoms with Gasteiger partial charge in [0.2, 0.25) is 0 Å². The first-order chi connectivity index (χ1) is 14.1. The van der Waals surface area contributed by atoms with Gasteiger partial charge in [-0.25, -0.2) is 0 Å². The zero-order valence-electron chi connectivity index (χ0n) is 16.5. The van der Waals surface area contributed by atoms with Crippen molar-refractivity contribution in [3.63, 3.8) is 0 Å². The lowest BCUT2D eigenvalue weighted by Crippen LogP contribution is -2.05. The van der Waals surface area contributed by atoms with Crippen molar-refractivity contribution in [1.29, 1.82) is 0 Å². The van der Waals surface area contributed by atoms with Gasteiger partial charge in [-0.1, -0.05) is 29.4 Å². The Labute approximate surface area is 179 Å². The van der Waals surface area contributed by atoms with Crippen LogP contribution in [0, 0.1) is 0 Å². The molecule has 0 fully saturated rings. The largest absolute Gasteiger partial charge is 0.497 e. The smallest absolute Gasteiger partial charge is 0.192 e. The summed E-state index contributed by atoms with van der Waals surface area (Å²) in [6, 6.07) is 16.0. The monoisotopic (exact) mass is 424 g/mol. The van der Waals surface area contributed by atoms with Gasteiger partial charge in [-0.3, -0.25) is 9.55 Å². The van der Waals surface area contributed by atoms with Gasteiger partial charge in [0.15, 0.2) is 11.0 Å². The number of ether oxygens (including phenoxy) is 1. The highest BCUT2D eigenvalue weighted by atomic mass is 35.5. The number of hydrogen-bond donors (Lipinski definition) is 0. The summed E-state index contributed by atoms with van der Waals surface area (Å²) < 4.78 is 7.42. The highest BCUT2D eigenvalue weighted by Gasteiger charge is 2.17. The highest BCUT2D eigenvalue weighted by molar-refractivity contribution is 7.98. The summed E-state index contributed by atoms with van der Waals surface area (Å²) in [5.41, 5.74) is 3.07. The quantitative estimate of drug-likeness (QED) is 0.354. The van der Waals surface area contributed by atoms with Crippen molar-refractivity contribution < 1.29 is 4.74 Å². The Kier molecular flexibility index (Phi) is 5.74. The van der Waals surface area contributed by atoms with E-state index >= 15 is 0 Å². The zero-order chi connectivity index (χ0) is 20.4. The van der Waals surface area contributed by atoms with E-state index in [-0.39, 0.29) is 6.04 Å². The van der Waals surface area contributed by atoms with E-state index in [0.717, 1.165) is 44.5 Å². The molecule has 0 spiro atoms. The molecule has 2 aromatic carbocycles. The van der Waals surface area contributed by atoms with E-state index in [1.807, 2.05) is 48.5 Å². The van der Waals surface area contributed by atoms with Gasteiger partial charge >= 0.3 is 0 Å². The maximum absolute atomic E-state index is 6.32. The van der Waals surface area contributed by atoms with E-state index in [2.05, 4.69) is 33.6 Å². The molecule has 2 heterocycles. The maximum atomic E-state index is 6.32. The molecule has 0 N–H and O–H groups in total. The molecule has 0 bridgehead atoms. The van der Waals surface area contributed by atoms with E-state index in [1.165, 1.54) is 0 Å². The first-order valence-corrected chi connectivity index (χ1v) is 10.7. The fourth-order valence-corrected chi connectivity index (χ4v) is 4.50. The SMILES string of the molecule is COc1ccc(-c2nnc(SCc3ccc(Cl)c4cccnc34)n2C(C)C)cc1. The van der Waals surface area contributed by atoms with Crippen LogP contribution in [0.5, 0.6) is 5.75 Å². The molecule has 0 aliphatic heterocycles. The summed E-state index contributed by atoms with van der Waals surface area (Å²) in [5, 5.41) is 11.5. The van der Waals surface area contributed by atoms with Gasteiger partial charge in [-0.05, 0) is 61.9 Å². The number of hydrogen-bond acceptors (Lipinski definition) is 5. The molecular weight excluding hydrogens is 404 g/mol. The Bertz CT molecular complexity index is 1140. The highest BCUT2D eigenvalue weighted by Crippen LogP contribution is 2.32. The normalized spacial score (nSPS) is 11.3. The molecule has 148 valence electrons. The van der Waals surface area contributed by atoms with E-state index < -0.39 is 0 Å². The maximum Gasteiger partial charge on any atom is 0.192 e. The fraction of sp³-hybridized carbons (Fsp3) is 0.227. The number of nitrogens with zero attached hydrogens (tertiary/aromatic N) is 4. The Balaban J connectivity index is 1.65. The van der Waals surface area contributed by atoms with Crippen molar-refractivity contribution in [3.05, 3.63) is 65.3 Å². The Morgan fingerprint density at radius 1 is 1.07 bits per heavy atom. The lowest BCUT2D eigenvalue weighted by atomic mass is 10.1. The number of thioether (sulfide) groups is 1. The van der Waals surface area contributed by atoms with Gasteiger partial charge in [0, 0.05) is 34.0 Å². The van der Waals surface area contributed by atoms with Crippen LogP contribution in [0.4, 0.5) is 0 Å². The topological polar surface area (TPSA) is 52.8 Å². The Hall–Kier alpha value is -2.57. The standard InChI is InChI=1S/C22H21ClN4OS/c1-14(2)27-21(15-6-9-17(28-3)10-7-15)25-26-22(27)29-13-16-8-11-19(23)18-5-4-12-24-20(16)18/h4-12,14H,13H2,1-3H3. The van der Waals surface area contributed by atoms with Crippen molar-refractivity contribution in [2.24, 2.45) is 0 Å². The average Bonchev–Trinajstić information content (AvgIpc) is 3.18. The van der Waals surface area contributed by atoms with Crippen LogP contribution in [0.15, 0.2) is 59.9 Å². The zero-order valence-corrected chi connectivity index (χ0v) is 18.0. The second kappa shape index (κ2) is 8.43. The lowest BCUT2D eigenvalue weighted by molar-refractivity contribution is 0.415. The summed E-state index contributed by atoms with van der Waals surface area (Å²) >= 11 is 7.98. The van der Waals surface area contributed by atoms with Gasteiger partial charge in [-0.2, -0.15) is 0 Å². The minimum Gasteiger partial charge on any atom is -0.497 e. The molecular formula is C22H21ClN4OS. The molecule has 29 heavy (non-hydrogen) atoms. The summed E-state index contributed by atoms with van der Waals surface area (Å²) in [6.45, 7) is 4.28. The molecule has 0 saturated carbocycles. The van der Waals surface area contributed by atoms with Crippen molar-refractivity contribution in [2.45, 2.75) is 30.8 Å². The average molecular weight is 425 g/mol. The van der Waals surface area contributed by atoms with Gasteiger partial charge < -0.3 is 4.74 Å². The van der Waals surface area contributed by atoms with Crippen LogP contribution in [0.3, 0.4) is 0 Å². The van der Waals surface area contributed by atoms with E-state index in [4.69, 9.17) is 16.3 Å². The summed E-state index contributed by atoms with van der Waals surface area (Å²) in [4.78, 5) is 4.53. The summed E-state index contributed by atoms with van der Waals surface area (Å²) in [5.74, 6) is 2.41. The van der Waals surface area contributed by atoms with Crippen LogP contribution in [0.2, 0.25) is 5.02 Å². The third kappa shape index (κ3) is 3.95. The molecule has 4 aromatic rings. The summed E-state index contributed by atoms with van der Waals surface area (Å²) in [7, 11) is 1.66. The molecule has 0 radical (unpaired) electrons. The lowest BCUT2D eigenvalue weighted by Gasteiger charge is -2.14. The molecule has 0 amide bonds. The number of fused-ring (bicyclic) bond motifs is 1. The van der Waals surface area contributed by atoms with Gasteiger partial charge in [0.05, 0.1) is 12.6 Å². The second-order valence-corrected chi connectivity index (χ2v) is 8.24. The molecule has 0 aliphatic rings. The molecule has 0 unspecified atom stereocenters. The predicted octanol–water partition coefficient (Wildman–Crippen LogP) is 6.03. The van der Waals surface area contributed by atoms with Crippen molar-refractivity contribution in [2.75, 3.05) is 7.11 Å². The van der Waals surface area contributed by atoms with Crippen LogP contribution in [0.1, 0.15) is 25.5 Å². The van der Waals surface area contributed by atoms with Crippen LogP contribution in [-0.4, -0.2) is 26.9 Å². The first-order valence-electron chi connectivity index (χ1n) is 9.32. The molecule has 0 atom stereocenters. The predicted molar refractivity (Wildman–Crippen MR) is 119 cm³/mol. The Morgan fingerprint density at radius 2 is 1.86 bits per heavy atom. The third-order valence-corrected chi connectivity index (χ3v) is 6.01. The minimum absolute atomic E-state index is 0.227. The number of rotatable bonds is 6. The van der Waals surface area contributed by atoms with Crippen LogP contribution < -0.4 is 4.74 Å². The molecule has 2 aromatic heterocycles. The van der Waals surface area contributed by atoms with Crippen molar-refractivity contribution in [1.82, 2.24) is 19.7 Å². The van der Waals surface area contributed by atoms with Gasteiger partial charge in [0.25, 0.3) is 0 Å². The second-order valence-electron chi connectivity index (χ2n) is 6.89. The van der Waals surface area contributed by atoms with Crippen molar-refractivity contribution >= 4 is 34.3 Å². The van der Waals surface area contributed by atoms with Crippen LogP contribution in [-0.2, 0) is 5.75 Å². The number of methoxy groups -OCH3 is 1. The number of benzene rings is 2. The molecule has 4 rings (SSSR count). The van der Waals surface area contributed by atoms with E-state index in [9.17, 15) is 0 Å². The van der Waals surface area contributed by atoms with E-state index in [1.54, 1.807) is 25.1 Å². The number of halogens is 1. The van der Waals surface area contributed by atoms with Crippen LogP contribution in [0.25, 0.3) is 22.3 Å². The van der Waals surface area contributed by atoms with Gasteiger partial charge in [-0.15, -0.1) is 10.2 Å². The third-order valence-electron chi connectivity index (χ3n) is 4.69. The molecule has 0 aliphatic carbocycles. The number of pyridine rings is 1.